The number of rotatable bonds is 5. The Kier molecular flexibility index (Phi) is 5.98. The Morgan fingerprint density at radius 3 is 2.92 bits per heavy atom. The molecule has 132 valence electrons. The van der Waals surface area contributed by atoms with Gasteiger partial charge < -0.3 is 9.64 Å². The molecule has 0 saturated carbocycles. The smallest absolute Gasteiger partial charge is 0.320 e. The van der Waals surface area contributed by atoms with Crippen LogP contribution in [0.5, 0.6) is 0 Å². The number of para-hydroxylation sites is 1. The molecule has 1 atom stereocenters. The van der Waals surface area contributed by atoms with Gasteiger partial charge in [-0.3, -0.25) is 14.2 Å². The third kappa shape index (κ3) is 4.35. The maximum atomic E-state index is 12.5. The second-order valence-corrected chi connectivity index (χ2v) is 7.58. The quantitative estimate of drug-likeness (QED) is 0.576. The summed E-state index contributed by atoms with van der Waals surface area (Å²) in [6.07, 6.45) is 1.63. The molecular formula is C16H18N4O3S2. The molecular weight excluding hydrogens is 360 g/mol. The molecule has 1 aliphatic rings. The van der Waals surface area contributed by atoms with Crippen LogP contribution in [0.4, 0.5) is 0 Å². The zero-order valence-corrected chi connectivity index (χ0v) is 15.3. The predicted octanol–water partition coefficient (Wildman–Crippen LogP) is 1.48. The Labute approximate surface area is 154 Å². The molecule has 1 saturated heterocycles. The number of methoxy groups -OCH3 is 1. The van der Waals surface area contributed by atoms with E-state index in [0.717, 1.165) is 11.4 Å². The highest BCUT2D eigenvalue weighted by Crippen LogP contribution is 2.23. The minimum atomic E-state index is -0.305. The minimum Gasteiger partial charge on any atom is -0.468 e. The molecule has 7 nitrogen and oxygen atoms in total. The maximum Gasteiger partial charge on any atom is 0.320 e. The summed E-state index contributed by atoms with van der Waals surface area (Å²) in [7, 11) is 1.37. The first-order chi connectivity index (χ1) is 12.2. The number of carbonyl (C=O) groups is 2. The van der Waals surface area contributed by atoms with Crippen LogP contribution >= 0.6 is 23.5 Å². The fraction of sp³-hybridized carbons (Fsp3) is 0.375. The van der Waals surface area contributed by atoms with Crippen molar-refractivity contribution in [3.63, 3.8) is 0 Å². The zero-order chi connectivity index (χ0) is 17.6. The van der Waals surface area contributed by atoms with Gasteiger partial charge in [0, 0.05) is 24.5 Å². The van der Waals surface area contributed by atoms with Crippen LogP contribution in [0, 0.1) is 0 Å². The first-order valence-electron chi connectivity index (χ1n) is 7.74. The molecule has 0 bridgehead atoms. The highest BCUT2D eigenvalue weighted by molar-refractivity contribution is 8.00. The first-order valence-corrected chi connectivity index (χ1v) is 9.78. The van der Waals surface area contributed by atoms with Gasteiger partial charge in [-0.25, -0.2) is 0 Å². The maximum absolute atomic E-state index is 12.5. The number of esters is 1. The van der Waals surface area contributed by atoms with Crippen LogP contribution in [0.3, 0.4) is 0 Å². The van der Waals surface area contributed by atoms with E-state index in [1.807, 2.05) is 34.9 Å². The molecule has 0 N–H and O–H groups in total. The number of carbonyl (C=O) groups excluding carboxylic acids is 2. The van der Waals surface area contributed by atoms with E-state index >= 15 is 0 Å². The van der Waals surface area contributed by atoms with Gasteiger partial charge in [-0.1, -0.05) is 30.0 Å². The largest absolute Gasteiger partial charge is 0.468 e. The monoisotopic (exact) mass is 378 g/mol. The molecule has 1 aromatic carbocycles. The molecule has 25 heavy (non-hydrogen) atoms. The van der Waals surface area contributed by atoms with E-state index < -0.39 is 0 Å². The molecule has 1 aliphatic heterocycles. The Morgan fingerprint density at radius 1 is 1.36 bits per heavy atom. The Balaban J connectivity index is 1.60. The van der Waals surface area contributed by atoms with E-state index in [1.165, 1.54) is 30.6 Å². The van der Waals surface area contributed by atoms with Gasteiger partial charge in [0.25, 0.3) is 0 Å². The summed E-state index contributed by atoms with van der Waals surface area (Å²) in [6.45, 7) is 1.03. The lowest BCUT2D eigenvalue weighted by molar-refractivity contribution is -0.141. The summed E-state index contributed by atoms with van der Waals surface area (Å²) in [5.41, 5.74) is 0.947. The summed E-state index contributed by atoms with van der Waals surface area (Å²) in [4.78, 5) is 25.9. The van der Waals surface area contributed by atoms with Gasteiger partial charge in [0.15, 0.2) is 5.16 Å². The second-order valence-electron chi connectivity index (χ2n) is 5.33. The van der Waals surface area contributed by atoms with E-state index in [9.17, 15) is 9.59 Å². The summed E-state index contributed by atoms with van der Waals surface area (Å²) in [5, 5.41) is 8.39. The second kappa shape index (κ2) is 8.39. The summed E-state index contributed by atoms with van der Waals surface area (Å²) >= 11 is 2.87. The van der Waals surface area contributed by atoms with Crippen molar-refractivity contribution in [3.8, 4) is 5.69 Å². The lowest BCUT2D eigenvalue weighted by Crippen LogP contribution is -2.45. The minimum absolute atomic E-state index is 0.0122. The third-order valence-corrected chi connectivity index (χ3v) is 5.85. The molecule has 0 radical (unpaired) electrons. The number of benzene rings is 1. The molecule has 9 heteroatoms. The molecule has 3 rings (SSSR count). The number of hydrogen-bond acceptors (Lipinski definition) is 7. The van der Waals surface area contributed by atoms with Crippen molar-refractivity contribution in [1.82, 2.24) is 19.7 Å². The van der Waals surface area contributed by atoms with Crippen molar-refractivity contribution in [2.75, 3.05) is 31.7 Å². The van der Waals surface area contributed by atoms with Crippen molar-refractivity contribution in [1.29, 1.82) is 0 Å². The fourth-order valence-electron chi connectivity index (χ4n) is 2.46. The van der Waals surface area contributed by atoms with Crippen molar-refractivity contribution in [2.45, 2.75) is 10.4 Å². The lowest BCUT2D eigenvalue weighted by Gasteiger charge is -2.30. The average Bonchev–Trinajstić information content (AvgIpc) is 3.15. The van der Waals surface area contributed by atoms with Crippen molar-refractivity contribution in [3.05, 3.63) is 36.7 Å². The Morgan fingerprint density at radius 2 is 2.16 bits per heavy atom. The molecule has 0 unspecified atom stereocenters. The van der Waals surface area contributed by atoms with Crippen LogP contribution in [0.1, 0.15) is 0 Å². The van der Waals surface area contributed by atoms with Gasteiger partial charge in [-0.2, -0.15) is 0 Å². The van der Waals surface area contributed by atoms with Crippen LogP contribution < -0.4 is 0 Å². The van der Waals surface area contributed by atoms with Crippen LogP contribution in [0.25, 0.3) is 5.69 Å². The van der Waals surface area contributed by atoms with Gasteiger partial charge >= 0.3 is 5.97 Å². The lowest BCUT2D eigenvalue weighted by atomic mass is 10.3. The highest BCUT2D eigenvalue weighted by atomic mass is 32.2. The van der Waals surface area contributed by atoms with Crippen LogP contribution in [-0.2, 0) is 14.3 Å². The van der Waals surface area contributed by atoms with Gasteiger partial charge in [-0.15, -0.1) is 22.0 Å². The first kappa shape index (κ1) is 17.8. The Hall–Kier alpha value is -2.00. The predicted molar refractivity (Wildman–Crippen MR) is 96.9 cm³/mol. The highest BCUT2D eigenvalue weighted by Gasteiger charge is 2.29. The molecule has 1 aromatic heterocycles. The van der Waals surface area contributed by atoms with Crippen LogP contribution in [0.2, 0.25) is 0 Å². The van der Waals surface area contributed by atoms with Crippen LogP contribution in [-0.4, -0.2) is 68.5 Å². The van der Waals surface area contributed by atoms with Crippen molar-refractivity contribution < 1.29 is 14.3 Å². The molecule has 0 spiro atoms. The molecule has 1 amide bonds. The van der Waals surface area contributed by atoms with E-state index in [-0.39, 0.29) is 22.9 Å². The number of amides is 1. The standard InChI is InChI=1S/C16H18N4O3S2/c1-23-15(22)13-9-19(7-8-24-13)14(21)10-25-16-18-17-11-20(16)12-5-3-2-4-6-12/h2-6,11,13H,7-10H2,1H3/t13-/m1/s1. The van der Waals surface area contributed by atoms with E-state index in [4.69, 9.17) is 4.74 Å². The van der Waals surface area contributed by atoms with Gasteiger partial charge in [-0.05, 0) is 12.1 Å². The topological polar surface area (TPSA) is 77.3 Å². The molecule has 2 aromatic rings. The number of hydrogen-bond donors (Lipinski definition) is 0. The van der Waals surface area contributed by atoms with Crippen molar-refractivity contribution >= 4 is 35.4 Å². The third-order valence-electron chi connectivity index (χ3n) is 3.76. The van der Waals surface area contributed by atoms with Gasteiger partial charge in [0.1, 0.15) is 11.6 Å². The number of ether oxygens (including phenoxy) is 1. The molecule has 0 aliphatic carbocycles. The van der Waals surface area contributed by atoms with Gasteiger partial charge in [0.05, 0.1) is 12.9 Å². The Bertz CT molecular complexity index is 738. The zero-order valence-electron chi connectivity index (χ0n) is 13.7. The summed E-state index contributed by atoms with van der Waals surface area (Å²) in [5.74, 6) is 0.696. The summed E-state index contributed by atoms with van der Waals surface area (Å²) < 4.78 is 6.63. The fourth-order valence-corrected chi connectivity index (χ4v) is 4.42. The van der Waals surface area contributed by atoms with E-state index in [0.29, 0.717) is 18.2 Å². The van der Waals surface area contributed by atoms with E-state index in [2.05, 4.69) is 10.2 Å². The van der Waals surface area contributed by atoms with E-state index in [1.54, 1.807) is 11.2 Å². The van der Waals surface area contributed by atoms with Crippen LogP contribution in [0.15, 0.2) is 41.8 Å². The molecule has 1 fully saturated rings. The average molecular weight is 378 g/mol. The van der Waals surface area contributed by atoms with Gasteiger partial charge in [0.2, 0.25) is 5.91 Å². The van der Waals surface area contributed by atoms with Crippen molar-refractivity contribution in [2.24, 2.45) is 0 Å². The number of thioether (sulfide) groups is 2. The normalized spacial score (nSPS) is 17.3. The summed E-state index contributed by atoms with van der Waals surface area (Å²) in [6, 6.07) is 9.73. The molecule has 2 heterocycles. The number of aromatic nitrogens is 3. The SMILES string of the molecule is COC(=O)[C@H]1CN(C(=O)CSc2nncn2-c2ccccc2)CCS1. The number of nitrogens with zero attached hydrogens (tertiary/aromatic N) is 4.